The van der Waals surface area contributed by atoms with Crippen LogP contribution in [0.25, 0.3) is 0 Å². The number of hydrogen-bond donors (Lipinski definition) is 2. The molecule has 2 atom stereocenters. The average molecular weight is 555 g/mol. The van der Waals surface area contributed by atoms with Crippen LogP contribution in [0.2, 0.25) is 5.02 Å². The SMILES string of the molecule is CN1CCCN(c2ccc(C(=O)NCC(=O)N3CCC(N4CCC5C=CC=CC5NC4=O)CC3)cc2Cl)CC1. The summed E-state index contributed by atoms with van der Waals surface area (Å²) in [6, 6.07) is 5.50. The summed E-state index contributed by atoms with van der Waals surface area (Å²) in [5.74, 6) is -0.0930. The number of likely N-dealkylation sites (tertiary alicyclic amines) is 1. The van der Waals surface area contributed by atoms with E-state index in [0.29, 0.717) is 29.6 Å². The van der Waals surface area contributed by atoms with E-state index in [2.05, 4.69) is 39.6 Å². The van der Waals surface area contributed by atoms with Crippen LogP contribution < -0.4 is 15.5 Å². The van der Waals surface area contributed by atoms with Crippen molar-refractivity contribution in [1.82, 2.24) is 25.3 Å². The number of carbonyl (C=O) groups excluding carboxylic acids is 3. The van der Waals surface area contributed by atoms with Crippen molar-refractivity contribution in [3.05, 3.63) is 53.1 Å². The van der Waals surface area contributed by atoms with Crippen LogP contribution in [0.3, 0.4) is 0 Å². The Balaban J connectivity index is 1.09. The van der Waals surface area contributed by atoms with Gasteiger partial charge in [0.15, 0.2) is 0 Å². The summed E-state index contributed by atoms with van der Waals surface area (Å²) in [6.07, 6.45) is 11.7. The molecule has 210 valence electrons. The lowest BCUT2D eigenvalue weighted by Gasteiger charge is -2.38. The molecule has 3 fully saturated rings. The maximum Gasteiger partial charge on any atom is 0.318 e. The van der Waals surface area contributed by atoms with Gasteiger partial charge in [0.2, 0.25) is 5.91 Å². The number of amides is 4. The van der Waals surface area contributed by atoms with Crippen LogP contribution in [0.1, 0.15) is 36.0 Å². The highest BCUT2D eigenvalue weighted by Gasteiger charge is 2.34. The van der Waals surface area contributed by atoms with Gasteiger partial charge < -0.3 is 30.2 Å². The molecule has 0 radical (unpaired) electrons. The van der Waals surface area contributed by atoms with E-state index >= 15 is 0 Å². The van der Waals surface area contributed by atoms with Crippen LogP contribution in [-0.2, 0) is 4.79 Å². The van der Waals surface area contributed by atoms with Gasteiger partial charge in [-0.2, -0.15) is 0 Å². The van der Waals surface area contributed by atoms with E-state index in [0.717, 1.165) is 64.1 Å². The van der Waals surface area contributed by atoms with Crippen LogP contribution in [0.15, 0.2) is 42.5 Å². The van der Waals surface area contributed by atoms with Crippen molar-refractivity contribution in [1.29, 1.82) is 0 Å². The third-order valence-electron chi connectivity index (χ3n) is 8.43. The van der Waals surface area contributed by atoms with Crippen LogP contribution >= 0.6 is 11.6 Å². The van der Waals surface area contributed by atoms with E-state index in [9.17, 15) is 14.4 Å². The number of nitrogens with zero attached hydrogens (tertiary/aromatic N) is 4. The molecule has 0 aromatic heterocycles. The Morgan fingerprint density at radius 1 is 1.00 bits per heavy atom. The normalized spacial score (nSPS) is 24.6. The molecule has 2 N–H and O–H groups in total. The zero-order valence-electron chi connectivity index (χ0n) is 22.7. The van der Waals surface area contributed by atoms with Crippen molar-refractivity contribution in [3.63, 3.8) is 0 Å². The van der Waals surface area contributed by atoms with E-state index in [1.54, 1.807) is 17.0 Å². The molecule has 10 heteroatoms. The molecule has 2 unspecified atom stereocenters. The standard InChI is InChI=1S/C29H39ClN6O3/c1-33-12-4-13-34(18-17-33)26-8-7-22(19-24(26)30)28(38)31-20-27(37)35-14-10-23(11-15-35)36-16-9-21-5-2-3-6-25(21)32-29(36)39/h2-3,5-8,19,21,23,25H,4,9-18,20H2,1H3,(H,31,38)(H,32,39). The number of benzene rings is 1. The summed E-state index contributed by atoms with van der Waals surface area (Å²) >= 11 is 6.57. The van der Waals surface area contributed by atoms with Gasteiger partial charge in [-0.3, -0.25) is 9.59 Å². The van der Waals surface area contributed by atoms with Gasteiger partial charge in [-0.05, 0) is 57.5 Å². The Morgan fingerprint density at radius 2 is 1.79 bits per heavy atom. The van der Waals surface area contributed by atoms with E-state index in [1.165, 1.54) is 0 Å². The van der Waals surface area contributed by atoms with Crippen molar-refractivity contribution >= 4 is 35.1 Å². The third-order valence-corrected chi connectivity index (χ3v) is 8.73. The molecule has 3 heterocycles. The fourth-order valence-corrected chi connectivity index (χ4v) is 6.34. The first-order valence-corrected chi connectivity index (χ1v) is 14.5. The first-order chi connectivity index (χ1) is 18.9. The number of rotatable bonds is 5. The van der Waals surface area contributed by atoms with Gasteiger partial charge in [-0.1, -0.05) is 35.9 Å². The second-order valence-electron chi connectivity index (χ2n) is 11.0. The van der Waals surface area contributed by atoms with E-state index in [4.69, 9.17) is 11.6 Å². The number of urea groups is 1. The number of hydrogen-bond acceptors (Lipinski definition) is 5. The number of halogens is 1. The monoisotopic (exact) mass is 554 g/mol. The maximum absolute atomic E-state index is 12.9. The Hall–Kier alpha value is -3.04. The fraction of sp³-hybridized carbons (Fsp3) is 0.552. The van der Waals surface area contributed by atoms with Crippen LogP contribution in [0.4, 0.5) is 10.5 Å². The molecule has 3 aliphatic heterocycles. The number of allylic oxidation sites excluding steroid dienone is 2. The minimum absolute atomic E-state index is 0.0210. The van der Waals surface area contributed by atoms with Gasteiger partial charge in [-0.25, -0.2) is 4.79 Å². The van der Waals surface area contributed by atoms with Crippen molar-refractivity contribution in [2.45, 2.75) is 37.8 Å². The fourth-order valence-electron chi connectivity index (χ4n) is 6.04. The minimum atomic E-state index is -0.312. The minimum Gasteiger partial charge on any atom is -0.369 e. The van der Waals surface area contributed by atoms with Gasteiger partial charge in [-0.15, -0.1) is 0 Å². The van der Waals surface area contributed by atoms with E-state index in [-0.39, 0.29) is 36.5 Å². The Labute approximate surface area is 235 Å². The highest BCUT2D eigenvalue weighted by atomic mass is 35.5. The van der Waals surface area contributed by atoms with Crippen LogP contribution in [0, 0.1) is 5.92 Å². The second-order valence-corrected chi connectivity index (χ2v) is 11.4. The zero-order valence-corrected chi connectivity index (χ0v) is 23.4. The number of likely N-dealkylation sites (N-methyl/N-ethyl adjacent to an activating group) is 1. The van der Waals surface area contributed by atoms with E-state index < -0.39 is 0 Å². The molecule has 1 aromatic carbocycles. The summed E-state index contributed by atoms with van der Waals surface area (Å²) in [5, 5.41) is 6.45. The van der Waals surface area contributed by atoms with Crippen LogP contribution in [0.5, 0.6) is 0 Å². The Morgan fingerprint density at radius 3 is 2.59 bits per heavy atom. The smallest absolute Gasteiger partial charge is 0.318 e. The number of nitrogens with one attached hydrogen (secondary N) is 2. The first-order valence-electron chi connectivity index (χ1n) is 14.1. The molecular formula is C29H39ClN6O3. The lowest BCUT2D eigenvalue weighted by atomic mass is 9.92. The predicted octanol–water partition coefficient (Wildman–Crippen LogP) is 2.73. The highest BCUT2D eigenvalue weighted by molar-refractivity contribution is 6.33. The zero-order chi connectivity index (χ0) is 27.4. The molecule has 4 aliphatic rings. The Kier molecular flexibility index (Phi) is 8.77. The maximum atomic E-state index is 12.9. The molecule has 0 spiro atoms. The van der Waals surface area contributed by atoms with Crippen molar-refractivity contribution < 1.29 is 14.4 Å². The quantitative estimate of drug-likeness (QED) is 0.584. The molecule has 1 aromatic rings. The molecule has 1 aliphatic carbocycles. The molecule has 4 amide bonds. The summed E-state index contributed by atoms with van der Waals surface area (Å²) < 4.78 is 0. The number of carbonyl (C=O) groups is 3. The second kappa shape index (κ2) is 12.4. The third kappa shape index (κ3) is 6.58. The number of anilines is 1. The van der Waals surface area contributed by atoms with Gasteiger partial charge in [0, 0.05) is 56.8 Å². The first kappa shape index (κ1) is 27.5. The molecule has 39 heavy (non-hydrogen) atoms. The van der Waals surface area contributed by atoms with Gasteiger partial charge >= 0.3 is 6.03 Å². The number of piperidine rings is 1. The molecule has 0 saturated carbocycles. The summed E-state index contributed by atoms with van der Waals surface area (Å²) in [5.41, 5.74) is 1.38. The Bertz CT molecular complexity index is 1130. The number of fused-ring (bicyclic) bond motifs is 1. The molecular weight excluding hydrogens is 516 g/mol. The predicted molar refractivity (Wildman–Crippen MR) is 153 cm³/mol. The summed E-state index contributed by atoms with van der Waals surface area (Å²) in [6.45, 7) is 5.65. The lowest BCUT2D eigenvalue weighted by molar-refractivity contribution is -0.131. The molecule has 5 rings (SSSR count). The van der Waals surface area contributed by atoms with Crippen molar-refractivity contribution in [3.8, 4) is 0 Å². The van der Waals surface area contributed by atoms with E-state index in [1.807, 2.05) is 23.1 Å². The highest BCUT2D eigenvalue weighted by Crippen LogP contribution is 2.28. The van der Waals surface area contributed by atoms with Crippen molar-refractivity contribution in [2.24, 2.45) is 5.92 Å². The van der Waals surface area contributed by atoms with Crippen LogP contribution in [-0.4, -0.2) is 104 Å². The van der Waals surface area contributed by atoms with Gasteiger partial charge in [0.1, 0.15) is 0 Å². The average Bonchev–Trinajstić information content (AvgIpc) is 3.26. The lowest BCUT2D eigenvalue weighted by Crippen LogP contribution is -2.52. The molecule has 9 nitrogen and oxygen atoms in total. The molecule has 0 bridgehead atoms. The largest absolute Gasteiger partial charge is 0.369 e. The van der Waals surface area contributed by atoms with Gasteiger partial charge in [0.05, 0.1) is 23.3 Å². The summed E-state index contributed by atoms with van der Waals surface area (Å²) in [4.78, 5) is 46.8. The molecule has 3 saturated heterocycles. The van der Waals surface area contributed by atoms with Crippen molar-refractivity contribution in [2.75, 3.05) is 64.3 Å². The topological polar surface area (TPSA) is 88.2 Å². The summed E-state index contributed by atoms with van der Waals surface area (Å²) in [7, 11) is 2.12. The van der Waals surface area contributed by atoms with Gasteiger partial charge in [0.25, 0.3) is 5.91 Å².